The van der Waals surface area contributed by atoms with Crippen LogP contribution in [-0.4, -0.2) is 26.7 Å². The van der Waals surface area contributed by atoms with Crippen LogP contribution in [0, 0.1) is 6.92 Å². The van der Waals surface area contributed by atoms with Crippen molar-refractivity contribution in [2.45, 2.75) is 26.3 Å². The molecule has 100 valence electrons. The zero-order valence-corrected chi connectivity index (χ0v) is 11.3. The Kier molecular flexibility index (Phi) is 6.22. The van der Waals surface area contributed by atoms with Gasteiger partial charge in [0.2, 0.25) is 0 Å². The van der Waals surface area contributed by atoms with Crippen LogP contribution in [0.1, 0.15) is 24.0 Å². The lowest BCUT2D eigenvalue weighted by molar-refractivity contribution is -0.140. The van der Waals surface area contributed by atoms with Crippen LogP contribution < -0.4 is 10.1 Å². The van der Waals surface area contributed by atoms with Crippen LogP contribution in [0.25, 0.3) is 0 Å². The van der Waals surface area contributed by atoms with Crippen molar-refractivity contribution in [3.05, 3.63) is 29.3 Å². The first-order valence-electron chi connectivity index (χ1n) is 6.11. The molecular weight excluding hydrogens is 230 g/mol. The van der Waals surface area contributed by atoms with Gasteiger partial charge >= 0.3 is 5.97 Å². The van der Waals surface area contributed by atoms with Gasteiger partial charge in [-0.2, -0.15) is 0 Å². The molecule has 0 saturated heterocycles. The van der Waals surface area contributed by atoms with Gasteiger partial charge in [-0.25, -0.2) is 0 Å². The number of ether oxygens (including phenoxy) is 2. The number of esters is 1. The van der Waals surface area contributed by atoms with E-state index >= 15 is 0 Å². The molecule has 0 aliphatic heterocycles. The minimum absolute atomic E-state index is 0.196. The van der Waals surface area contributed by atoms with Gasteiger partial charge in [-0.15, -0.1) is 0 Å². The first-order chi connectivity index (χ1) is 8.69. The van der Waals surface area contributed by atoms with Gasteiger partial charge in [-0.3, -0.25) is 4.79 Å². The number of rotatable bonds is 7. The van der Waals surface area contributed by atoms with Gasteiger partial charge in [0.15, 0.2) is 0 Å². The third-order valence-corrected chi connectivity index (χ3v) is 2.66. The van der Waals surface area contributed by atoms with Crippen LogP contribution >= 0.6 is 0 Å². The zero-order valence-electron chi connectivity index (χ0n) is 11.3. The zero-order chi connectivity index (χ0) is 13.4. The van der Waals surface area contributed by atoms with E-state index in [2.05, 4.69) is 10.1 Å². The minimum Gasteiger partial charge on any atom is -0.493 e. The number of carbonyl (C=O) groups is 1. The van der Waals surface area contributed by atoms with Crippen molar-refractivity contribution in [2.24, 2.45) is 0 Å². The van der Waals surface area contributed by atoms with Crippen LogP contribution in [0.3, 0.4) is 0 Å². The van der Waals surface area contributed by atoms with Gasteiger partial charge in [0, 0.05) is 18.5 Å². The summed E-state index contributed by atoms with van der Waals surface area (Å²) in [7, 11) is 3.30. The summed E-state index contributed by atoms with van der Waals surface area (Å²) in [5.74, 6) is 0.718. The Bertz CT molecular complexity index is 391. The monoisotopic (exact) mass is 251 g/mol. The summed E-state index contributed by atoms with van der Waals surface area (Å²) in [6, 6.07) is 6.08. The fourth-order valence-electron chi connectivity index (χ4n) is 1.74. The third-order valence-electron chi connectivity index (χ3n) is 2.66. The molecular formula is C14H21NO3. The van der Waals surface area contributed by atoms with E-state index in [1.807, 2.05) is 32.2 Å². The van der Waals surface area contributed by atoms with Crippen LogP contribution in [0.2, 0.25) is 0 Å². The van der Waals surface area contributed by atoms with Gasteiger partial charge in [0.25, 0.3) is 0 Å². The molecule has 0 aliphatic carbocycles. The number of aryl methyl sites for hydroxylation is 1. The minimum atomic E-state index is -0.196. The molecule has 1 rings (SSSR count). The van der Waals surface area contributed by atoms with Gasteiger partial charge in [0.05, 0.1) is 13.7 Å². The lowest BCUT2D eigenvalue weighted by Crippen LogP contribution is -2.10. The second kappa shape index (κ2) is 7.71. The molecule has 0 amide bonds. The quantitative estimate of drug-likeness (QED) is 0.595. The van der Waals surface area contributed by atoms with Gasteiger partial charge in [-0.05, 0) is 26.0 Å². The van der Waals surface area contributed by atoms with E-state index in [1.54, 1.807) is 0 Å². The summed E-state index contributed by atoms with van der Waals surface area (Å²) in [5.41, 5.74) is 2.25. The molecule has 0 aliphatic rings. The predicted molar refractivity (Wildman–Crippen MR) is 70.7 cm³/mol. The molecule has 4 heteroatoms. The van der Waals surface area contributed by atoms with Crippen molar-refractivity contribution in [1.29, 1.82) is 0 Å². The largest absolute Gasteiger partial charge is 0.493 e. The van der Waals surface area contributed by atoms with Crippen molar-refractivity contribution in [3.63, 3.8) is 0 Å². The van der Waals surface area contributed by atoms with Crippen LogP contribution in [0.5, 0.6) is 5.75 Å². The number of hydrogen-bond donors (Lipinski definition) is 1. The maximum absolute atomic E-state index is 11.0. The van der Waals surface area contributed by atoms with Crippen LogP contribution in [0.4, 0.5) is 0 Å². The third kappa shape index (κ3) is 4.37. The molecule has 0 heterocycles. The number of methoxy groups -OCH3 is 1. The summed E-state index contributed by atoms with van der Waals surface area (Å²) in [4.78, 5) is 11.0. The summed E-state index contributed by atoms with van der Waals surface area (Å²) < 4.78 is 10.4. The first-order valence-corrected chi connectivity index (χ1v) is 6.11. The highest BCUT2D eigenvalue weighted by Crippen LogP contribution is 2.23. The highest BCUT2D eigenvalue weighted by atomic mass is 16.5. The highest BCUT2D eigenvalue weighted by Gasteiger charge is 2.07. The van der Waals surface area contributed by atoms with E-state index in [1.165, 1.54) is 7.11 Å². The van der Waals surface area contributed by atoms with Crippen molar-refractivity contribution in [3.8, 4) is 5.75 Å². The molecule has 0 fully saturated rings. The van der Waals surface area contributed by atoms with Crippen molar-refractivity contribution >= 4 is 5.97 Å². The maximum atomic E-state index is 11.0. The van der Waals surface area contributed by atoms with Crippen molar-refractivity contribution in [2.75, 3.05) is 20.8 Å². The Morgan fingerprint density at radius 1 is 1.39 bits per heavy atom. The van der Waals surface area contributed by atoms with Gasteiger partial charge < -0.3 is 14.8 Å². The molecule has 1 N–H and O–H groups in total. The van der Waals surface area contributed by atoms with Crippen LogP contribution in [-0.2, 0) is 16.1 Å². The number of hydrogen-bond acceptors (Lipinski definition) is 4. The Morgan fingerprint density at radius 3 is 2.83 bits per heavy atom. The molecule has 1 aromatic carbocycles. The average molecular weight is 251 g/mol. The molecule has 4 nitrogen and oxygen atoms in total. The maximum Gasteiger partial charge on any atom is 0.305 e. The van der Waals surface area contributed by atoms with E-state index < -0.39 is 0 Å². The van der Waals surface area contributed by atoms with E-state index in [0.29, 0.717) is 19.4 Å². The normalized spacial score (nSPS) is 10.2. The Balaban J connectivity index is 2.52. The van der Waals surface area contributed by atoms with E-state index in [0.717, 1.165) is 23.4 Å². The van der Waals surface area contributed by atoms with Gasteiger partial charge in [0.1, 0.15) is 5.75 Å². The summed E-state index contributed by atoms with van der Waals surface area (Å²) >= 11 is 0. The molecule has 0 atom stereocenters. The van der Waals surface area contributed by atoms with Crippen LogP contribution in [0.15, 0.2) is 18.2 Å². The summed E-state index contributed by atoms with van der Waals surface area (Å²) in [6.45, 7) is 3.32. The molecule has 0 radical (unpaired) electrons. The first kappa shape index (κ1) is 14.5. The predicted octanol–water partition coefficient (Wildman–Crippen LogP) is 2.05. The van der Waals surface area contributed by atoms with E-state index in [9.17, 15) is 4.79 Å². The van der Waals surface area contributed by atoms with Crippen molar-refractivity contribution in [1.82, 2.24) is 5.32 Å². The van der Waals surface area contributed by atoms with E-state index in [-0.39, 0.29) is 5.97 Å². The Hall–Kier alpha value is -1.55. The standard InChI is InChI=1S/C14H21NO3/c1-11-6-4-7-12(10-15-2)14(11)18-9-5-8-13(16)17-3/h4,6-7,15H,5,8-10H2,1-3H3. The van der Waals surface area contributed by atoms with E-state index in [4.69, 9.17) is 4.74 Å². The highest BCUT2D eigenvalue weighted by molar-refractivity contribution is 5.69. The molecule has 1 aromatic rings. The smallest absolute Gasteiger partial charge is 0.305 e. The number of carbonyl (C=O) groups excluding carboxylic acids is 1. The summed E-state index contributed by atoms with van der Waals surface area (Å²) in [5, 5.41) is 3.12. The lowest BCUT2D eigenvalue weighted by atomic mass is 10.1. The molecule has 0 aromatic heterocycles. The second-order valence-electron chi connectivity index (χ2n) is 4.12. The Labute approximate surface area is 108 Å². The SMILES string of the molecule is CNCc1cccc(C)c1OCCCC(=O)OC. The number of para-hydroxylation sites is 1. The molecule has 0 unspecified atom stereocenters. The molecule has 0 saturated carbocycles. The fourth-order valence-corrected chi connectivity index (χ4v) is 1.74. The topological polar surface area (TPSA) is 47.6 Å². The number of nitrogens with one attached hydrogen (secondary N) is 1. The van der Waals surface area contributed by atoms with Gasteiger partial charge in [-0.1, -0.05) is 18.2 Å². The fraction of sp³-hybridized carbons (Fsp3) is 0.500. The Morgan fingerprint density at radius 2 is 2.17 bits per heavy atom. The molecule has 0 bridgehead atoms. The average Bonchev–Trinajstić information content (AvgIpc) is 2.37. The number of benzene rings is 1. The van der Waals surface area contributed by atoms with Crippen molar-refractivity contribution < 1.29 is 14.3 Å². The molecule has 18 heavy (non-hydrogen) atoms. The lowest BCUT2D eigenvalue weighted by Gasteiger charge is -2.13. The second-order valence-corrected chi connectivity index (χ2v) is 4.12. The molecule has 0 spiro atoms. The summed E-state index contributed by atoms with van der Waals surface area (Å²) in [6.07, 6.45) is 1.06.